The van der Waals surface area contributed by atoms with Crippen molar-refractivity contribution in [2.45, 2.75) is 19.3 Å². The number of aromatic nitrogens is 1. The summed E-state index contributed by atoms with van der Waals surface area (Å²) < 4.78 is 25.9. The van der Waals surface area contributed by atoms with E-state index in [0.29, 0.717) is 18.1 Å². The molecule has 0 unspecified atom stereocenters. The third kappa shape index (κ3) is 5.94. The summed E-state index contributed by atoms with van der Waals surface area (Å²) in [5, 5.41) is 0.335. The minimum absolute atomic E-state index is 0.130. The summed E-state index contributed by atoms with van der Waals surface area (Å²) in [6.07, 6.45) is 5.55. The number of aryl methyl sites for hydroxylation is 1. The number of halogens is 3. The van der Waals surface area contributed by atoms with Crippen molar-refractivity contribution in [1.82, 2.24) is 4.98 Å². The first-order chi connectivity index (χ1) is 14.6. The highest BCUT2D eigenvalue weighted by Gasteiger charge is 2.12. The van der Waals surface area contributed by atoms with Crippen molar-refractivity contribution in [3.05, 3.63) is 82.1 Å². The molecule has 2 aromatic carbocycles. The molecule has 3 aromatic rings. The third-order valence-electron chi connectivity index (χ3n) is 4.40. The van der Waals surface area contributed by atoms with Gasteiger partial charge in [-0.15, -0.1) is 0 Å². The van der Waals surface area contributed by atoms with Crippen LogP contribution in [-0.4, -0.2) is 24.7 Å². The number of unbranched alkanes of at least 4 members (excludes halogenated alkanes) is 1. The molecule has 0 amide bonds. The second kappa shape index (κ2) is 11.0. The van der Waals surface area contributed by atoms with Crippen LogP contribution in [0.1, 0.15) is 24.0 Å². The van der Waals surface area contributed by atoms with Gasteiger partial charge in [0.15, 0.2) is 11.5 Å². The van der Waals surface area contributed by atoms with E-state index in [1.807, 2.05) is 18.2 Å². The smallest absolute Gasteiger partial charge is 0.220 e. The van der Waals surface area contributed by atoms with E-state index in [-0.39, 0.29) is 21.3 Å². The third-order valence-corrected chi connectivity index (χ3v) is 4.95. The molecular weight excluding hydrogens is 426 g/mol. The lowest BCUT2D eigenvalue weighted by atomic mass is 10.1. The van der Waals surface area contributed by atoms with E-state index in [0.717, 1.165) is 19.3 Å². The fourth-order valence-corrected chi connectivity index (χ4v) is 3.30. The molecular formula is C23H21Cl2FN2O2. The molecule has 0 aliphatic rings. The van der Waals surface area contributed by atoms with Gasteiger partial charge in [-0.05, 0) is 43.0 Å². The van der Waals surface area contributed by atoms with E-state index >= 15 is 0 Å². The van der Waals surface area contributed by atoms with Crippen molar-refractivity contribution in [1.29, 1.82) is 0 Å². The van der Waals surface area contributed by atoms with Crippen LogP contribution in [0, 0.1) is 0 Å². The standard InChI is InChI=1S/C23H21Cl2FN2O2/c1-29-20-11-10-17(23(26)28-22-18(24)14-27-15-19(22)25)13-21(20)30-12-6-5-9-16-7-3-2-4-8-16/h2-4,7-8,10-11,13-15H,5-6,9,12H2,1H3/b28-23-. The Morgan fingerprint density at radius 3 is 2.43 bits per heavy atom. The summed E-state index contributed by atoms with van der Waals surface area (Å²) in [4.78, 5) is 7.76. The summed E-state index contributed by atoms with van der Waals surface area (Å²) in [6, 6.07) is 15.0. The van der Waals surface area contributed by atoms with Gasteiger partial charge < -0.3 is 9.47 Å². The van der Waals surface area contributed by atoms with E-state index < -0.39 is 5.97 Å². The maximum absolute atomic E-state index is 14.7. The molecule has 4 nitrogen and oxygen atoms in total. The van der Waals surface area contributed by atoms with Gasteiger partial charge in [0.2, 0.25) is 5.97 Å². The molecule has 0 saturated heterocycles. The first-order valence-corrected chi connectivity index (χ1v) is 10.2. The van der Waals surface area contributed by atoms with Gasteiger partial charge in [-0.3, -0.25) is 4.98 Å². The maximum atomic E-state index is 14.7. The van der Waals surface area contributed by atoms with Gasteiger partial charge in [-0.2, -0.15) is 4.39 Å². The van der Waals surface area contributed by atoms with E-state index in [4.69, 9.17) is 32.7 Å². The molecule has 156 valence electrons. The second-order valence-electron chi connectivity index (χ2n) is 6.51. The summed E-state index contributed by atoms with van der Waals surface area (Å²) in [5.74, 6) is 0.239. The molecule has 7 heteroatoms. The number of pyridine rings is 1. The molecule has 3 rings (SSSR count). The van der Waals surface area contributed by atoms with E-state index in [9.17, 15) is 4.39 Å². The maximum Gasteiger partial charge on any atom is 0.220 e. The van der Waals surface area contributed by atoms with Crippen LogP contribution in [0.25, 0.3) is 0 Å². The average Bonchev–Trinajstić information content (AvgIpc) is 2.76. The Balaban J connectivity index is 1.66. The fourth-order valence-electron chi connectivity index (χ4n) is 2.85. The highest BCUT2D eigenvalue weighted by molar-refractivity contribution is 6.38. The van der Waals surface area contributed by atoms with Crippen LogP contribution in [0.3, 0.4) is 0 Å². The number of methoxy groups -OCH3 is 1. The quantitative estimate of drug-likeness (QED) is 0.266. The van der Waals surface area contributed by atoms with Crippen LogP contribution < -0.4 is 9.47 Å². The molecule has 0 fully saturated rings. The molecule has 1 heterocycles. The average molecular weight is 447 g/mol. The molecule has 30 heavy (non-hydrogen) atoms. The van der Waals surface area contributed by atoms with Gasteiger partial charge in [-0.25, -0.2) is 4.99 Å². The van der Waals surface area contributed by atoms with Crippen molar-refractivity contribution < 1.29 is 13.9 Å². The number of nitrogens with zero attached hydrogens (tertiary/aromatic N) is 2. The van der Waals surface area contributed by atoms with Crippen LogP contribution in [0.15, 0.2) is 65.9 Å². The fraction of sp³-hybridized carbons (Fsp3) is 0.217. The molecule has 0 atom stereocenters. The predicted molar refractivity (Wildman–Crippen MR) is 119 cm³/mol. The van der Waals surface area contributed by atoms with Crippen molar-refractivity contribution in [2.24, 2.45) is 4.99 Å². The van der Waals surface area contributed by atoms with Gasteiger partial charge in [0.05, 0.1) is 23.8 Å². The highest BCUT2D eigenvalue weighted by Crippen LogP contribution is 2.34. The zero-order valence-corrected chi connectivity index (χ0v) is 18.0. The monoisotopic (exact) mass is 446 g/mol. The molecule has 0 N–H and O–H groups in total. The van der Waals surface area contributed by atoms with Gasteiger partial charge in [0, 0.05) is 18.0 Å². The topological polar surface area (TPSA) is 43.7 Å². The molecule has 0 spiro atoms. The number of rotatable bonds is 9. The van der Waals surface area contributed by atoms with Crippen molar-refractivity contribution in [3.8, 4) is 11.5 Å². The molecule has 1 aromatic heterocycles. The first-order valence-electron chi connectivity index (χ1n) is 9.47. The Hall–Kier alpha value is -2.63. The van der Waals surface area contributed by atoms with Gasteiger partial charge in [0.25, 0.3) is 0 Å². The number of aliphatic imine (C=N–C) groups is 1. The van der Waals surface area contributed by atoms with Gasteiger partial charge in [-0.1, -0.05) is 53.5 Å². The molecule has 0 bridgehead atoms. The lowest BCUT2D eigenvalue weighted by Gasteiger charge is -2.12. The molecule has 0 radical (unpaired) electrons. The Bertz CT molecular complexity index is 993. The molecule has 0 aliphatic carbocycles. The normalized spacial score (nSPS) is 11.4. The minimum Gasteiger partial charge on any atom is -0.493 e. The minimum atomic E-state index is -0.735. The lowest BCUT2D eigenvalue weighted by molar-refractivity contribution is 0.286. The van der Waals surface area contributed by atoms with Crippen LogP contribution >= 0.6 is 23.2 Å². The number of benzene rings is 2. The van der Waals surface area contributed by atoms with E-state index in [2.05, 4.69) is 22.1 Å². The SMILES string of the molecule is COc1ccc(/C(F)=N/c2c(Cl)cncc2Cl)cc1OCCCCc1ccccc1. The Kier molecular flexibility index (Phi) is 8.05. The van der Waals surface area contributed by atoms with Crippen LogP contribution in [0.2, 0.25) is 10.0 Å². The highest BCUT2D eigenvalue weighted by atomic mass is 35.5. The molecule has 0 aliphatic heterocycles. The molecule has 0 saturated carbocycles. The zero-order chi connectivity index (χ0) is 21.3. The Morgan fingerprint density at radius 2 is 1.73 bits per heavy atom. The number of hydrogen-bond donors (Lipinski definition) is 0. The predicted octanol–water partition coefficient (Wildman–Crippen LogP) is 6.85. The lowest BCUT2D eigenvalue weighted by Crippen LogP contribution is -2.02. The summed E-state index contributed by atoms with van der Waals surface area (Å²) >= 11 is 12.0. The summed E-state index contributed by atoms with van der Waals surface area (Å²) in [5.41, 5.74) is 1.66. The van der Waals surface area contributed by atoms with Crippen molar-refractivity contribution >= 4 is 34.9 Å². The second-order valence-corrected chi connectivity index (χ2v) is 7.33. The van der Waals surface area contributed by atoms with Gasteiger partial charge in [0.1, 0.15) is 5.69 Å². The van der Waals surface area contributed by atoms with Crippen molar-refractivity contribution in [3.63, 3.8) is 0 Å². The number of ether oxygens (including phenoxy) is 2. The first kappa shape index (κ1) is 22.1. The largest absolute Gasteiger partial charge is 0.493 e. The van der Waals surface area contributed by atoms with Crippen LogP contribution in [0.4, 0.5) is 10.1 Å². The van der Waals surface area contributed by atoms with E-state index in [1.54, 1.807) is 18.2 Å². The van der Waals surface area contributed by atoms with Crippen molar-refractivity contribution in [2.75, 3.05) is 13.7 Å². The van der Waals surface area contributed by atoms with Crippen LogP contribution in [0.5, 0.6) is 11.5 Å². The van der Waals surface area contributed by atoms with Gasteiger partial charge >= 0.3 is 0 Å². The van der Waals surface area contributed by atoms with E-state index in [1.165, 1.54) is 25.1 Å². The summed E-state index contributed by atoms with van der Waals surface area (Å²) in [6.45, 7) is 0.493. The summed E-state index contributed by atoms with van der Waals surface area (Å²) in [7, 11) is 1.54. The van der Waals surface area contributed by atoms with Crippen LogP contribution in [-0.2, 0) is 6.42 Å². The number of hydrogen-bond acceptors (Lipinski definition) is 4. The zero-order valence-electron chi connectivity index (χ0n) is 16.4. The Labute approximate surface area is 185 Å². The Morgan fingerprint density at radius 1 is 1.00 bits per heavy atom.